The van der Waals surface area contributed by atoms with Gasteiger partial charge in [-0.15, -0.1) is 0 Å². The van der Waals surface area contributed by atoms with Crippen molar-refractivity contribution >= 4 is 5.78 Å². The molecule has 0 fully saturated rings. The molecule has 2 rings (SSSR count). The van der Waals surface area contributed by atoms with E-state index in [2.05, 4.69) is 27.7 Å². The predicted octanol–water partition coefficient (Wildman–Crippen LogP) is 3.83. The van der Waals surface area contributed by atoms with Gasteiger partial charge in [-0.25, -0.2) is 0 Å². The van der Waals surface area contributed by atoms with Crippen LogP contribution in [-0.2, 0) is 10.8 Å². The van der Waals surface area contributed by atoms with Gasteiger partial charge in [-0.05, 0) is 24.3 Å². The molecule has 1 aliphatic carbocycles. The van der Waals surface area contributed by atoms with Gasteiger partial charge >= 0.3 is 0 Å². The zero-order chi connectivity index (χ0) is 12.1. The summed E-state index contributed by atoms with van der Waals surface area (Å²) < 4.78 is 5.77. The Hall–Kier alpha value is -1.05. The Morgan fingerprint density at radius 2 is 1.75 bits per heavy atom. The number of hydrogen-bond donors (Lipinski definition) is 0. The van der Waals surface area contributed by atoms with Crippen LogP contribution >= 0.6 is 0 Å². The van der Waals surface area contributed by atoms with Crippen molar-refractivity contribution < 1.29 is 9.21 Å². The molecule has 0 spiro atoms. The molecule has 0 atom stereocenters. The van der Waals surface area contributed by atoms with Crippen molar-refractivity contribution in [3.05, 3.63) is 23.2 Å². The highest BCUT2D eigenvalue weighted by molar-refractivity contribution is 5.91. The second kappa shape index (κ2) is 3.22. The van der Waals surface area contributed by atoms with Gasteiger partial charge in [0.2, 0.25) is 0 Å². The number of ketones is 1. The minimum absolute atomic E-state index is 0.0148. The third-order valence-electron chi connectivity index (χ3n) is 3.80. The van der Waals surface area contributed by atoms with E-state index in [1.807, 2.05) is 6.07 Å². The average Bonchev–Trinajstić information content (AvgIpc) is 2.59. The lowest BCUT2D eigenvalue weighted by Gasteiger charge is -2.37. The largest absolute Gasteiger partial charge is 0.457 e. The first kappa shape index (κ1) is 11.4. The highest BCUT2D eigenvalue weighted by atomic mass is 16.3. The first-order chi connectivity index (χ1) is 7.24. The van der Waals surface area contributed by atoms with Gasteiger partial charge < -0.3 is 4.42 Å². The molecule has 0 N–H and O–H groups in total. The maximum Gasteiger partial charge on any atom is 0.194 e. The number of furan rings is 1. The van der Waals surface area contributed by atoms with Crippen LogP contribution in [0.3, 0.4) is 0 Å². The molecule has 0 saturated carbocycles. The lowest BCUT2D eigenvalue weighted by atomic mass is 9.66. The summed E-state index contributed by atoms with van der Waals surface area (Å²) in [6.45, 7) is 10.4. The molecule has 0 radical (unpaired) electrons. The Kier molecular flexibility index (Phi) is 2.30. The van der Waals surface area contributed by atoms with E-state index < -0.39 is 0 Å². The van der Waals surface area contributed by atoms with E-state index in [1.165, 1.54) is 5.56 Å². The molecule has 0 aliphatic heterocycles. The quantitative estimate of drug-likeness (QED) is 0.673. The number of hydrogen-bond acceptors (Lipinski definition) is 2. The number of rotatable bonds is 1. The van der Waals surface area contributed by atoms with Crippen LogP contribution in [0, 0.1) is 0 Å². The molecule has 16 heavy (non-hydrogen) atoms. The molecule has 0 aromatic carbocycles. The van der Waals surface area contributed by atoms with E-state index in [1.54, 1.807) is 6.92 Å². The Morgan fingerprint density at radius 3 is 2.25 bits per heavy atom. The van der Waals surface area contributed by atoms with Gasteiger partial charge in [-0.1, -0.05) is 27.7 Å². The van der Waals surface area contributed by atoms with Crippen molar-refractivity contribution in [1.29, 1.82) is 0 Å². The highest BCUT2D eigenvalue weighted by Crippen LogP contribution is 2.47. The van der Waals surface area contributed by atoms with E-state index in [0.29, 0.717) is 5.76 Å². The van der Waals surface area contributed by atoms with Crippen LogP contribution in [0.15, 0.2) is 10.5 Å². The molecule has 1 aliphatic rings. The average molecular weight is 220 g/mol. The lowest BCUT2D eigenvalue weighted by molar-refractivity contribution is 0.0982. The van der Waals surface area contributed by atoms with Crippen LogP contribution in [0.4, 0.5) is 0 Å². The SMILES string of the molecule is CC(=O)c1cc2c(o1)C(C)(C)CCC2(C)C. The number of fused-ring (bicyclic) bond motifs is 1. The van der Waals surface area contributed by atoms with Gasteiger partial charge in [0.25, 0.3) is 0 Å². The Labute approximate surface area is 97.0 Å². The van der Waals surface area contributed by atoms with Crippen molar-refractivity contribution in [3.8, 4) is 0 Å². The van der Waals surface area contributed by atoms with Crippen LogP contribution in [0.25, 0.3) is 0 Å². The first-order valence-corrected chi connectivity index (χ1v) is 5.90. The normalized spacial score (nSPS) is 21.6. The van der Waals surface area contributed by atoms with E-state index in [4.69, 9.17) is 4.42 Å². The van der Waals surface area contributed by atoms with Gasteiger partial charge in [0.1, 0.15) is 5.76 Å². The van der Waals surface area contributed by atoms with Gasteiger partial charge in [-0.3, -0.25) is 4.79 Å². The topological polar surface area (TPSA) is 30.2 Å². The van der Waals surface area contributed by atoms with E-state index in [0.717, 1.165) is 18.6 Å². The fraction of sp³-hybridized carbons (Fsp3) is 0.643. The van der Waals surface area contributed by atoms with E-state index >= 15 is 0 Å². The monoisotopic (exact) mass is 220 g/mol. The summed E-state index contributed by atoms with van der Waals surface area (Å²) in [5.74, 6) is 1.53. The Bertz CT molecular complexity index is 402. The third kappa shape index (κ3) is 1.60. The summed E-state index contributed by atoms with van der Waals surface area (Å²) in [4.78, 5) is 11.4. The second-order valence-electron chi connectivity index (χ2n) is 6.18. The third-order valence-corrected chi connectivity index (χ3v) is 3.80. The zero-order valence-electron chi connectivity index (χ0n) is 10.8. The molecule has 2 nitrogen and oxygen atoms in total. The van der Waals surface area contributed by atoms with Crippen molar-refractivity contribution in [2.45, 2.75) is 58.3 Å². The molecule has 1 heterocycles. The summed E-state index contributed by atoms with van der Waals surface area (Å²) in [6, 6.07) is 1.94. The summed E-state index contributed by atoms with van der Waals surface area (Å²) in [6.07, 6.45) is 2.25. The minimum atomic E-state index is 0.0148. The van der Waals surface area contributed by atoms with Gasteiger partial charge in [0.15, 0.2) is 11.5 Å². The van der Waals surface area contributed by atoms with Crippen LogP contribution in [0.2, 0.25) is 0 Å². The van der Waals surface area contributed by atoms with Crippen LogP contribution in [-0.4, -0.2) is 5.78 Å². The summed E-state index contributed by atoms with van der Waals surface area (Å²) in [7, 11) is 0. The van der Waals surface area contributed by atoms with Gasteiger partial charge in [0.05, 0.1) is 0 Å². The zero-order valence-corrected chi connectivity index (χ0v) is 10.8. The second-order valence-corrected chi connectivity index (χ2v) is 6.18. The lowest BCUT2D eigenvalue weighted by Crippen LogP contribution is -2.32. The molecule has 1 aromatic heterocycles. The Balaban J connectivity index is 2.61. The van der Waals surface area contributed by atoms with Crippen LogP contribution in [0.1, 0.15) is 69.3 Å². The van der Waals surface area contributed by atoms with Crippen LogP contribution < -0.4 is 0 Å². The molecular weight excluding hydrogens is 200 g/mol. The standard InChI is InChI=1S/C14H20O2/c1-9(15)11-8-10-12(16-11)14(4,5)7-6-13(10,2)3/h8H,6-7H2,1-5H3. The van der Waals surface area contributed by atoms with Gasteiger partial charge in [0, 0.05) is 17.9 Å². The molecule has 2 heteroatoms. The van der Waals surface area contributed by atoms with Crippen molar-refractivity contribution in [2.24, 2.45) is 0 Å². The summed E-state index contributed by atoms with van der Waals surface area (Å²) in [5.41, 5.74) is 1.40. The summed E-state index contributed by atoms with van der Waals surface area (Å²) in [5, 5.41) is 0. The molecule has 0 bridgehead atoms. The molecule has 0 amide bonds. The maximum absolute atomic E-state index is 11.4. The molecule has 1 aromatic rings. The predicted molar refractivity (Wildman–Crippen MR) is 64.0 cm³/mol. The van der Waals surface area contributed by atoms with Crippen molar-refractivity contribution in [1.82, 2.24) is 0 Å². The number of Topliss-reactive ketones (excluding diaryl/α,β-unsaturated/α-hetero) is 1. The Morgan fingerprint density at radius 1 is 1.19 bits per heavy atom. The van der Waals surface area contributed by atoms with Crippen molar-refractivity contribution in [3.63, 3.8) is 0 Å². The highest BCUT2D eigenvalue weighted by Gasteiger charge is 2.40. The first-order valence-electron chi connectivity index (χ1n) is 5.90. The molecule has 88 valence electrons. The van der Waals surface area contributed by atoms with Crippen LogP contribution in [0.5, 0.6) is 0 Å². The molecule has 0 unspecified atom stereocenters. The fourth-order valence-corrected chi connectivity index (χ4v) is 2.44. The number of carbonyl (C=O) groups is 1. The van der Waals surface area contributed by atoms with Gasteiger partial charge in [-0.2, -0.15) is 0 Å². The maximum atomic E-state index is 11.4. The van der Waals surface area contributed by atoms with E-state index in [-0.39, 0.29) is 16.6 Å². The number of carbonyl (C=O) groups excluding carboxylic acids is 1. The summed E-state index contributed by atoms with van der Waals surface area (Å²) >= 11 is 0. The molecular formula is C14H20O2. The van der Waals surface area contributed by atoms with E-state index in [9.17, 15) is 4.79 Å². The molecule has 0 saturated heterocycles. The fourth-order valence-electron chi connectivity index (χ4n) is 2.44. The van der Waals surface area contributed by atoms with Crippen molar-refractivity contribution in [2.75, 3.05) is 0 Å². The minimum Gasteiger partial charge on any atom is -0.457 e. The smallest absolute Gasteiger partial charge is 0.194 e.